The Balaban J connectivity index is 2.40. The molecule has 94 valence electrons. The van der Waals surface area contributed by atoms with Gasteiger partial charge in [0, 0.05) is 6.54 Å². The largest absolute Gasteiger partial charge is 0.337 e. The summed E-state index contributed by atoms with van der Waals surface area (Å²) in [5, 5.41) is 13.0. The Hall–Kier alpha value is -1.75. The highest BCUT2D eigenvalue weighted by atomic mass is 16.5. The molecule has 1 rings (SSSR count). The van der Waals surface area contributed by atoms with Crippen molar-refractivity contribution in [2.24, 2.45) is 0 Å². The predicted molar refractivity (Wildman–Crippen MR) is 66.9 cm³/mol. The number of hydrogen-bond acceptors (Lipinski definition) is 3. The average Bonchev–Trinajstić information content (AvgIpc) is 2.30. The van der Waals surface area contributed by atoms with Gasteiger partial charge in [0.05, 0.1) is 5.69 Å². The molecule has 5 heteroatoms. The van der Waals surface area contributed by atoms with E-state index in [9.17, 15) is 10.0 Å². The van der Waals surface area contributed by atoms with Crippen molar-refractivity contribution >= 4 is 11.7 Å². The maximum absolute atomic E-state index is 11.3. The molecule has 0 atom stereocenters. The molecule has 0 bridgehead atoms. The van der Waals surface area contributed by atoms with Crippen LogP contribution in [-0.2, 0) is 0 Å². The van der Waals surface area contributed by atoms with Gasteiger partial charge in [0.25, 0.3) is 0 Å². The predicted octanol–water partition coefficient (Wildman–Crippen LogP) is 2.20. The van der Waals surface area contributed by atoms with E-state index in [-0.39, 0.29) is 0 Å². The summed E-state index contributed by atoms with van der Waals surface area (Å²) in [6.07, 6.45) is 1.93. The number of amides is 2. The van der Waals surface area contributed by atoms with Crippen LogP contribution in [-0.4, -0.2) is 17.8 Å². The molecule has 0 aliphatic rings. The number of unbranched alkanes of at least 4 members (excludes halogenated alkanes) is 1. The smallest absolute Gasteiger partial charge is 0.335 e. The van der Waals surface area contributed by atoms with Crippen LogP contribution >= 0.6 is 0 Å². The second kappa shape index (κ2) is 6.75. The fraction of sp³-hybridized carbons (Fsp3) is 0.417. The minimum Gasteiger partial charge on any atom is -0.337 e. The molecule has 5 nitrogen and oxygen atoms in total. The molecule has 1 aromatic rings. The summed E-state index contributed by atoms with van der Waals surface area (Å²) in [5.74, 6) is 0. The zero-order chi connectivity index (χ0) is 12.7. The lowest BCUT2D eigenvalue weighted by molar-refractivity contribution is 0.195. The van der Waals surface area contributed by atoms with Gasteiger partial charge in [-0.3, -0.25) is 5.21 Å². The van der Waals surface area contributed by atoms with Crippen LogP contribution in [0.4, 0.5) is 10.5 Å². The third-order valence-electron chi connectivity index (χ3n) is 2.30. The van der Waals surface area contributed by atoms with Gasteiger partial charge in [0.2, 0.25) is 0 Å². The summed E-state index contributed by atoms with van der Waals surface area (Å²) in [5.41, 5.74) is 3.92. The molecule has 0 heterocycles. The topological polar surface area (TPSA) is 64.6 Å². The van der Waals surface area contributed by atoms with Crippen molar-refractivity contribution in [3.63, 3.8) is 0 Å². The van der Waals surface area contributed by atoms with E-state index in [2.05, 4.69) is 10.7 Å². The second-order valence-electron chi connectivity index (χ2n) is 3.87. The van der Waals surface area contributed by atoms with Crippen LogP contribution in [0.25, 0.3) is 0 Å². The summed E-state index contributed by atoms with van der Waals surface area (Å²) in [4.78, 5) is 11.3. The fourth-order valence-electron chi connectivity index (χ4n) is 1.26. The van der Waals surface area contributed by atoms with E-state index in [1.54, 1.807) is 12.1 Å². The first-order valence-electron chi connectivity index (χ1n) is 5.73. The monoisotopic (exact) mass is 237 g/mol. The number of nitrogens with zero attached hydrogens (tertiary/aromatic N) is 1. The summed E-state index contributed by atoms with van der Waals surface area (Å²) in [6.45, 7) is 4.60. The van der Waals surface area contributed by atoms with Crippen LogP contribution in [0.5, 0.6) is 0 Å². The molecular weight excluding hydrogens is 218 g/mol. The summed E-state index contributed by atoms with van der Waals surface area (Å²) < 4.78 is 0. The van der Waals surface area contributed by atoms with Crippen molar-refractivity contribution in [1.82, 2.24) is 10.7 Å². The van der Waals surface area contributed by atoms with Gasteiger partial charge in [0.15, 0.2) is 0 Å². The molecule has 0 aliphatic carbocycles. The Kier molecular flexibility index (Phi) is 5.29. The van der Waals surface area contributed by atoms with Crippen molar-refractivity contribution in [3.8, 4) is 0 Å². The van der Waals surface area contributed by atoms with E-state index in [1.165, 1.54) is 0 Å². The third-order valence-corrected chi connectivity index (χ3v) is 2.30. The SMILES string of the molecule is CCCCNC(=O)NN(O)c1ccc(C)cc1. The Labute approximate surface area is 101 Å². The molecule has 0 unspecified atom stereocenters. The van der Waals surface area contributed by atoms with E-state index in [1.807, 2.05) is 26.0 Å². The van der Waals surface area contributed by atoms with E-state index in [4.69, 9.17) is 0 Å². The second-order valence-corrected chi connectivity index (χ2v) is 3.87. The number of nitrogens with one attached hydrogen (secondary N) is 2. The third kappa shape index (κ3) is 4.74. The quantitative estimate of drug-likeness (QED) is 0.543. The molecule has 0 spiro atoms. The van der Waals surface area contributed by atoms with E-state index < -0.39 is 6.03 Å². The number of rotatable bonds is 5. The van der Waals surface area contributed by atoms with Gasteiger partial charge in [0.1, 0.15) is 0 Å². The van der Waals surface area contributed by atoms with E-state index in [0.717, 1.165) is 18.4 Å². The number of aryl methyl sites for hydroxylation is 1. The lowest BCUT2D eigenvalue weighted by Gasteiger charge is -2.18. The Morgan fingerprint density at radius 3 is 2.59 bits per heavy atom. The average molecular weight is 237 g/mol. The molecule has 17 heavy (non-hydrogen) atoms. The summed E-state index contributed by atoms with van der Waals surface area (Å²) in [6, 6.07) is 6.75. The molecule has 0 aliphatic heterocycles. The highest BCUT2D eigenvalue weighted by Gasteiger charge is 2.06. The Bertz CT molecular complexity index is 351. The number of hydrazine groups is 1. The first-order valence-corrected chi connectivity index (χ1v) is 5.73. The normalized spacial score (nSPS) is 9.82. The zero-order valence-corrected chi connectivity index (χ0v) is 10.2. The van der Waals surface area contributed by atoms with Crippen LogP contribution < -0.4 is 15.9 Å². The van der Waals surface area contributed by atoms with Gasteiger partial charge >= 0.3 is 6.03 Å². The lowest BCUT2D eigenvalue weighted by Crippen LogP contribution is -2.46. The highest BCUT2D eigenvalue weighted by molar-refractivity contribution is 5.75. The first-order chi connectivity index (χ1) is 8.13. The van der Waals surface area contributed by atoms with Gasteiger partial charge in [-0.15, -0.1) is 0 Å². The van der Waals surface area contributed by atoms with E-state index in [0.29, 0.717) is 17.4 Å². The van der Waals surface area contributed by atoms with Crippen molar-refractivity contribution < 1.29 is 10.0 Å². The minimum atomic E-state index is -0.415. The lowest BCUT2D eigenvalue weighted by atomic mass is 10.2. The van der Waals surface area contributed by atoms with Crippen LogP contribution in [0.3, 0.4) is 0 Å². The first kappa shape index (κ1) is 13.3. The zero-order valence-electron chi connectivity index (χ0n) is 10.2. The van der Waals surface area contributed by atoms with Crippen LogP contribution in [0, 0.1) is 6.92 Å². The Morgan fingerprint density at radius 2 is 2.00 bits per heavy atom. The molecule has 0 saturated heterocycles. The Morgan fingerprint density at radius 1 is 1.35 bits per heavy atom. The summed E-state index contributed by atoms with van der Waals surface area (Å²) in [7, 11) is 0. The number of hydrogen-bond donors (Lipinski definition) is 3. The van der Waals surface area contributed by atoms with Gasteiger partial charge < -0.3 is 5.32 Å². The van der Waals surface area contributed by atoms with Gasteiger partial charge in [-0.1, -0.05) is 31.0 Å². The van der Waals surface area contributed by atoms with Gasteiger partial charge in [-0.05, 0) is 25.5 Å². The molecule has 0 saturated carbocycles. The van der Waals surface area contributed by atoms with Crippen LogP contribution in [0.15, 0.2) is 24.3 Å². The van der Waals surface area contributed by atoms with Crippen molar-refractivity contribution in [2.75, 3.05) is 11.7 Å². The molecule has 3 N–H and O–H groups in total. The minimum absolute atomic E-state index is 0.415. The molecule has 1 aromatic carbocycles. The van der Waals surface area contributed by atoms with E-state index >= 15 is 0 Å². The maximum Gasteiger partial charge on any atom is 0.335 e. The molecule has 0 fully saturated rings. The standard InChI is InChI=1S/C12H19N3O2/c1-3-4-9-13-12(16)14-15(17)11-7-5-10(2)6-8-11/h5-8,17H,3-4,9H2,1-2H3,(H2,13,14,16). The molecule has 2 amide bonds. The number of carbonyl (C=O) groups is 1. The highest BCUT2D eigenvalue weighted by Crippen LogP contribution is 2.10. The summed E-state index contributed by atoms with van der Waals surface area (Å²) >= 11 is 0. The van der Waals surface area contributed by atoms with Crippen molar-refractivity contribution in [3.05, 3.63) is 29.8 Å². The number of urea groups is 1. The van der Waals surface area contributed by atoms with Gasteiger partial charge in [-0.2, -0.15) is 5.17 Å². The number of anilines is 1. The van der Waals surface area contributed by atoms with Crippen LogP contribution in [0.2, 0.25) is 0 Å². The molecule has 0 radical (unpaired) electrons. The van der Waals surface area contributed by atoms with Crippen LogP contribution in [0.1, 0.15) is 25.3 Å². The maximum atomic E-state index is 11.3. The van der Waals surface area contributed by atoms with Gasteiger partial charge in [-0.25, -0.2) is 10.2 Å². The molecule has 0 aromatic heterocycles. The fourth-order valence-corrected chi connectivity index (χ4v) is 1.26. The number of benzene rings is 1. The van der Waals surface area contributed by atoms with Crippen molar-refractivity contribution in [2.45, 2.75) is 26.7 Å². The number of carbonyl (C=O) groups excluding carboxylic acids is 1. The molecular formula is C12H19N3O2. The van der Waals surface area contributed by atoms with Crippen molar-refractivity contribution in [1.29, 1.82) is 0 Å².